The molecule has 1 amide bonds. The second-order valence-electron chi connectivity index (χ2n) is 3.64. The molecule has 1 heterocycles. The number of hydrogen-bond acceptors (Lipinski definition) is 4. The first-order chi connectivity index (χ1) is 8.49. The van der Waals surface area contributed by atoms with Crippen molar-refractivity contribution in [3.63, 3.8) is 0 Å². The molecule has 0 aliphatic carbocycles. The minimum Gasteiger partial charge on any atom is -0.478 e. The molecule has 0 aromatic heterocycles. The number of thioether (sulfide) groups is 1. The Bertz CT molecular complexity index is 563. The molecule has 0 radical (unpaired) electrons. The Labute approximate surface area is 108 Å². The van der Waals surface area contributed by atoms with E-state index in [1.807, 2.05) is 0 Å². The van der Waals surface area contributed by atoms with E-state index in [1.165, 1.54) is 28.8 Å². The number of benzene rings is 1. The minimum absolute atomic E-state index is 0.166. The predicted octanol–water partition coefficient (Wildman–Crippen LogP) is 2.09. The lowest BCUT2D eigenvalue weighted by atomic mass is 10.2. The largest absolute Gasteiger partial charge is 0.478 e. The molecule has 1 aliphatic rings. The van der Waals surface area contributed by atoms with Crippen molar-refractivity contribution in [1.82, 2.24) is 4.90 Å². The van der Waals surface area contributed by atoms with Gasteiger partial charge < -0.3 is 5.11 Å². The molecule has 1 aliphatic heterocycles. The molecule has 18 heavy (non-hydrogen) atoms. The molecule has 0 bridgehead atoms. The van der Waals surface area contributed by atoms with E-state index in [2.05, 4.69) is 11.6 Å². The molecule has 5 nitrogen and oxygen atoms in total. The lowest BCUT2D eigenvalue weighted by molar-refractivity contribution is -0.121. The summed E-state index contributed by atoms with van der Waals surface area (Å²) in [6.45, 7) is 3.63. The average molecular weight is 262 g/mol. The maximum atomic E-state index is 11.5. The van der Waals surface area contributed by atoms with Gasteiger partial charge in [0.2, 0.25) is 0 Å². The van der Waals surface area contributed by atoms with E-state index in [4.69, 9.17) is 5.11 Å². The highest BCUT2D eigenvalue weighted by atomic mass is 32.2. The first kappa shape index (κ1) is 12.4. The van der Waals surface area contributed by atoms with Crippen molar-refractivity contribution in [2.75, 3.05) is 7.05 Å². The maximum Gasteiger partial charge on any atom is 0.335 e. The van der Waals surface area contributed by atoms with Crippen molar-refractivity contribution in [2.45, 2.75) is 0 Å². The number of aromatic carboxylic acids is 1. The van der Waals surface area contributed by atoms with Crippen molar-refractivity contribution in [2.24, 2.45) is 4.99 Å². The molecule has 1 fully saturated rings. The van der Waals surface area contributed by atoms with Gasteiger partial charge in [-0.2, -0.15) is 0 Å². The molecule has 0 spiro atoms. The van der Waals surface area contributed by atoms with E-state index in [9.17, 15) is 9.59 Å². The molecule has 0 saturated carbocycles. The van der Waals surface area contributed by atoms with Crippen LogP contribution in [0.1, 0.15) is 10.4 Å². The molecular weight excluding hydrogens is 252 g/mol. The molecule has 1 aromatic carbocycles. The molecule has 92 valence electrons. The molecule has 1 aromatic rings. The van der Waals surface area contributed by atoms with E-state index in [0.717, 1.165) is 0 Å². The summed E-state index contributed by atoms with van der Waals surface area (Å²) < 4.78 is 0. The molecule has 0 unspecified atom stereocenters. The van der Waals surface area contributed by atoms with Gasteiger partial charge in [-0.1, -0.05) is 6.58 Å². The zero-order valence-corrected chi connectivity index (χ0v) is 10.4. The first-order valence-corrected chi connectivity index (χ1v) is 5.87. The van der Waals surface area contributed by atoms with E-state index >= 15 is 0 Å². The van der Waals surface area contributed by atoms with Crippen LogP contribution in [0.5, 0.6) is 0 Å². The summed E-state index contributed by atoms with van der Waals surface area (Å²) in [5, 5.41) is 9.30. The lowest BCUT2D eigenvalue weighted by Crippen LogP contribution is -2.23. The maximum absolute atomic E-state index is 11.5. The fourth-order valence-electron chi connectivity index (χ4n) is 1.38. The number of rotatable bonds is 2. The van der Waals surface area contributed by atoms with Gasteiger partial charge in [0.15, 0.2) is 5.17 Å². The Morgan fingerprint density at radius 2 is 2.00 bits per heavy atom. The number of amides is 1. The van der Waals surface area contributed by atoms with Gasteiger partial charge in [0, 0.05) is 7.05 Å². The number of carbonyl (C=O) groups excluding carboxylic acids is 1. The molecule has 1 N–H and O–H groups in total. The molecule has 1 saturated heterocycles. The third-order valence-corrected chi connectivity index (χ3v) is 3.35. The Morgan fingerprint density at radius 1 is 1.39 bits per heavy atom. The number of nitrogens with zero attached hydrogens (tertiary/aromatic N) is 2. The van der Waals surface area contributed by atoms with Crippen molar-refractivity contribution in [3.05, 3.63) is 41.3 Å². The summed E-state index contributed by atoms with van der Waals surface area (Å²) in [5.74, 6) is -1.15. The smallest absolute Gasteiger partial charge is 0.335 e. The summed E-state index contributed by atoms with van der Waals surface area (Å²) in [5.41, 5.74) is 0.795. The van der Waals surface area contributed by atoms with Crippen LogP contribution in [0.3, 0.4) is 0 Å². The van der Waals surface area contributed by atoms with Crippen LogP contribution in [0.25, 0.3) is 0 Å². The predicted molar refractivity (Wildman–Crippen MR) is 70.0 cm³/mol. The standard InChI is InChI=1S/C12H10N2O3S/c1-7-10(15)14(2)12(18-7)13-9-5-3-8(4-6-9)11(16)17/h3-6H,1H2,2H3,(H,16,17). The number of likely N-dealkylation sites (N-methyl/N-ethyl adjacent to an activating group) is 1. The minimum atomic E-state index is -0.981. The van der Waals surface area contributed by atoms with E-state index < -0.39 is 5.97 Å². The van der Waals surface area contributed by atoms with Crippen molar-refractivity contribution < 1.29 is 14.7 Å². The third kappa shape index (κ3) is 2.28. The van der Waals surface area contributed by atoms with Gasteiger partial charge in [-0.3, -0.25) is 9.69 Å². The van der Waals surface area contributed by atoms with Crippen LogP contribution in [-0.2, 0) is 4.79 Å². The zero-order valence-electron chi connectivity index (χ0n) is 9.58. The number of amidine groups is 1. The molecule has 6 heteroatoms. The molecule has 0 atom stereocenters. The van der Waals surface area contributed by atoms with Crippen LogP contribution in [0.2, 0.25) is 0 Å². The average Bonchev–Trinajstić information content (AvgIpc) is 2.58. The van der Waals surface area contributed by atoms with Crippen molar-refractivity contribution in [3.8, 4) is 0 Å². The zero-order chi connectivity index (χ0) is 13.3. The third-order valence-electron chi connectivity index (χ3n) is 2.38. The Morgan fingerprint density at radius 3 is 2.44 bits per heavy atom. The second-order valence-corrected chi connectivity index (χ2v) is 4.70. The second kappa shape index (κ2) is 4.66. The fraction of sp³-hybridized carbons (Fsp3) is 0.0833. The van der Waals surface area contributed by atoms with Gasteiger partial charge in [0.05, 0.1) is 16.2 Å². The van der Waals surface area contributed by atoms with Crippen LogP contribution in [-0.4, -0.2) is 34.1 Å². The number of carbonyl (C=O) groups is 2. The number of hydrogen-bond donors (Lipinski definition) is 1. The van der Waals surface area contributed by atoms with E-state index in [-0.39, 0.29) is 11.5 Å². The van der Waals surface area contributed by atoms with Crippen molar-refractivity contribution >= 4 is 34.5 Å². The van der Waals surface area contributed by atoms with Gasteiger partial charge in [-0.15, -0.1) is 0 Å². The highest BCUT2D eigenvalue weighted by molar-refractivity contribution is 8.18. The van der Waals surface area contributed by atoms with Crippen LogP contribution in [0.4, 0.5) is 5.69 Å². The summed E-state index contributed by atoms with van der Waals surface area (Å²) in [6.07, 6.45) is 0. The van der Waals surface area contributed by atoms with E-state index in [0.29, 0.717) is 15.8 Å². The van der Waals surface area contributed by atoms with Crippen LogP contribution in [0, 0.1) is 0 Å². The summed E-state index contributed by atoms with van der Waals surface area (Å²) >= 11 is 1.20. The van der Waals surface area contributed by atoms with Gasteiger partial charge in [-0.05, 0) is 36.0 Å². The molecule has 2 rings (SSSR count). The normalized spacial score (nSPS) is 17.6. The lowest BCUT2D eigenvalue weighted by Gasteiger charge is -2.07. The fourth-order valence-corrected chi connectivity index (χ4v) is 2.20. The summed E-state index contributed by atoms with van der Waals surface area (Å²) in [7, 11) is 1.62. The number of carboxylic acids is 1. The van der Waals surface area contributed by atoms with Crippen LogP contribution in [0.15, 0.2) is 40.7 Å². The highest BCUT2D eigenvalue weighted by Gasteiger charge is 2.28. The van der Waals surface area contributed by atoms with Crippen molar-refractivity contribution in [1.29, 1.82) is 0 Å². The topological polar surface area (TPSA) is 70.0 Å². The first-order valence-electron chi connectivity index (χ1n) is 5.06. The Balaban J connectivity index is 2.26. The van der Waals surface area contributed by atoms with E-state index in [1.54, 1.807) is 19.2 Å². The Hall–Kier alpha value is -2.08. The van der Waals surface area contributed by atoms with Crippen LogP contribution < -0.4 is 0 Å². The van der Waals surface area contributed by atoms with Gasteiger partial charge in [-0.25, -0.2) is 9.79 Å². The number of aliphatic imine (C=N–C) groups is 1. The van der Waals surface area contributed by atoms with Gasteiger partial charge >= 0.3 is 5.97 Å². The highest BCUT2D eigenvalue weighted by Crippen LogP contribution is 2.30. The molecular formula is C12H10N2O3S. The van der Waals surface area contributed by atoms with Crippen LogP contribution >= 0.6 is 11.8 Å². The SMILES string of the molecule is C=C1SC(=Nc2ccc(C(=O)O)cc2)N(C)C1=O. The Kier molecular flexibility index (Phi) is 3.20. The summed E-state index contributed by atoms with van der Waals surface area (Å²) in [4.78, 5) is 28.3. The van der Waals surface area contributed by atoms with Gasteiger partial charge in [0.1, 0.15) is 0 Å². The monoisotopic (exact) mass is 262 g/mol. The summed E-state index contributed by atoms with van der Waals surface area (Å²) in [6, 6.07) is 6.13. The quantitative estimate of drug-likeness (QED) is 0.828. The van der Waals surface area contributed by atoms with Gasteiger partial charge in [0.25, 0.3) is 5.91 Å². The number of carboxylic acid groups (broad SMARTS) is 1.